The summed E-state index contributed by atoms with van der Waals surface area (Å²) in [5.41, 5.74) is 0.215. The van der Waals surface area contributed by atoms with E-state index in [2.05, 4.69) is 33.0 Å². The van der Waals surface area contributed by atoms with Gasteiger partial charge in [-0.3, -0.25) is 0 Å². The van der Waals surface area contributed by atoms with Crippen LogP contribution in [-0.2, 0) is 0 Å². The largest absolute Gasteiger partial charge is 0.386 e. The fraction of sp³-hybridized carbons (Fsp3) is 0.778. The molecule has 0 amide bonds. The Kier molecular flexibility index (Phi) is 3.48. The summed E-state index contributed by atoms with van der Waals surface area (Å²) in [4.78, 5) is 0. The first-order valence-electron chi connectivity index (χ1n) is 3.89. The van der Waals surface area contributed by atoms with Gasteiger partial charge in [0.25, 0.3) is 0 Å². The standard InChI is InChI=1S/C9H19N/c1-6-7-10-9(4,5)8(2)3/h6-8,10H,1-5H3/b7-6-. The molecule has 0 unspecified atom stereocenters. The number of nitrogens with one attached hydrogen (secondary N) is 1. The molecule has 0 atom stereocenters. The fourth-order valence-electron chi connectivity index (χ4n) is 0.465. The number of allylic oxidation sites excluding steroid dienone is 1. The summed E-state index contributed by atoms with van der Waals surface area (Å²) < 4.78 is 0. The minimum absolute atomic E-state index is 0.215. The lowest BCUT2D eigenvalue weighted by Crippen LogP contribution is -2.40. The van der Waals surface area contributed by atoms with Crippen LogP contribution in [0.5, 0.6) is 0 Å². The maximum absolute atomic E-state index is 3.33. The molecule has 0 bridgehead atoms. The van der Waals surface area contributed by atoms with Gasteiger partial charge in [-0.15, -0.1) is 0 Å². The SMILES string of the molecule is C/C=C\NC(C)(C)C(C)C. The zero-order chi connectivity index (χ0) is 8.20. The molecule has 0 aromatic carbocycles. The minimum atomic E-state index is 0.215. The summed E-state index contributed by atoms with van der Waals surface area (Å²) in [5.74, 6) is 0.656. The van der Waals surface area contributed by atoms with E-state index in [4.69, 9.17) is 0 Å². The second kappa shape index (κ2) is 3.65. The van der Waals surface area contributed by atoms with Crippen molar-refractivity contribution in [2.45, 2.75) is 40.2 Å². The van der Waals surface area contributed by atoms with Gasteiger partial charge in [0.15, 0.2) is 0 Å². The molecule has 0 fully saturated rings. The molecule has 0 radical (unpaired) electrons. The van der Waals surface area contributed by atoms with Gasteiger partial charge in [-0.2, -0.15) is 0 Å². The zero-order valence-corrected chi connectivity index (χ0v) is 7.73. The molecule has 1 nitrogen and oxygen atoms in total. The maximum Gasteiger partial charge on any atom is 0.0334 e. The van der Waals surface area contributed by atoms with Crippen molar-refractivity contribution >= 4 is 0 Å². The van der Waals surface area contributed by atoms with Crippen LogP contribution < -0.4 is 5.32 Å². The zero-order valence-electron chi connectivity index (χ0n) is 7.73. The lowest BCUT2D eigenvalue weighted by molar-refractivity contribution is 0.322. The highest BCUT2D eigenvalue weighted by Crippen LogP contribution is 2.14. The summed E-state index contributed by atoms with van der Waals surface area (Å²) >= 11 is 0. The predicted octanol–water partition coefficient (Wildman–Crippen LogP) is 2.54. The number of hydrogen-bond donors (Lipinski definition) is 1. The Labute approximate surface area is 64.5 Å². The Balaban J connectivity index is 3.86. The van der Waals surface area contributed by atoms with Crippen LogP contribution in [0.3, 0.4) is 0 Å². The molecule has 0 aliphatic heterocycles. The predicted molar refractivity (Wildman–Crippen MR) is 46.9 cm³/mol. The molecule has 0 aromatic rings. The van der Waals surface area contributed by atoms with Gasteiger partial charge in [-0.1, -0.05) is 19.9 Å². The molecular weight excluding hydrogens is 122 g/mol. The van der Waals surface area contributed by atoms with Gasteiger partial charge in [0.1, 0.15) is 0 Å². The average Bonchev–Trinajstić information content (AvgIpc) is 1.84. The molecule has 0 rings (SSSR count). The summed E-state index contributed by atoms with van der Waals surface area (Å²) in [6.07, 6.45) is 4.02. The van der Waals surface area contributed by atoms with Crippen molar-refractivity contribution in [3.8, 4) is 0 Å². The number of rotatable bonds is 3. The van der Waals surface area contributed by atoms with Crippen LogP contribution in [0.4, 0.5) is 0 Å². The lowest BCUT2D eigenvalue weighted by Gasteiger charge is -2.29. The van der Waals surface area contributed by atoms with Crippen LogP contribution in [0.25, 0.3) is 0 Å². The summed E-state index contributed by atoms with van der Waals surface area (Å²) in [6.45, 7) is 10.9. The van der Waals surface area contributed by atoms with Crippen LogP contribution in [0, 0.1) is 5.92 Å². The number of hydrogen-bond acceptors (Lipinski definition) is 1. The van der Waals surface area contributed by atoms with Crippen LogP contribution in [-0.4, -0.2) is 5.54 Å². The minimum Gasteiger partial charge on any atom is -0.386 e. The third-order valence-electron chi connectivity index (χ3n) is 2.07. The summed E-state index contributed by atoms with van der Waals surface area (Å²) in [5, 5.41) is 3.33. The topological polar surface area (TPSA) is 12.0 Å². The van der Waals surface area contributed by atoms with Crippen molar-refractivity contribution in [1.82, 2.24) is 5.32 Å². The van der Waals surface area contributed by atoms with E-state index in [0.717, 1.165) is 0 Å². The first-order chi connectivity index (χ1) is 4.50. The molecule has 0 saturated carbocycles. The first-order valence-corrected chi connectivity index (χ1v) is 3.89. The fourth-order valence-corrected chi connectivity index (χ4v) is 0.465. The van der Waals surface area contributed by atoms with Gasteiger partial charge in [-0.25, -0.2) is 0 Å². The highest BCUT2D eigenvalue weighted by molar-refractivity contribution is 4.88. The van der Waals surface area contributed by atoms with Crippen molar-refractivity contribution in [1.29, 1.82) is 0 Å². The maximum atomic E-state index is 3.33. The van der Waals surface area contributed by atoms with Crippen molar-refractivity contribution in [3.05, 3.63) is 12.3 Å². The second-order valence-electron chi connectivity index (χ2n) is 3.52. The Morgan fingerprint density at radius 3 is 2.10 bits per heavy atom. The monoisotopic (exact) mass is 141 g/mol. The third-order valence-corrected chi connectivity index (χ3v) is 2.07. The van der Waals surface area contributed by atoms with Crippen molar-refractivity contribution < 1.29 is 0 Å². The van der Waals surface area contributed by atoms with Crippen molar-refractivity contribution in [2.75, 3.05) is 0 Å². The van der Waals surface area contributed by atoms with Gasteiger partial charge >= 0.3 is 0 Å². The Hall–Kier alpha value is -0.460. The quantitative estimate of drug-likeness (QED) is 0.637. The van der Waals surface area contributed by atoms with E-state index in [1.54, 1.807) is 0 Å². The van der Waals surface area contributed by atoms with E-state index in [0.29, 0.717) is 5.92 Å². The van der Waals surface area contributed by atoms with Gasteiger partial charge in [0.2, 0.25) is 0 Å². The van der Waals surface area contributed by atoms with Crippen molar-refractivity contribution in [3.63, 3.8) is 0 Å². The molecule has 1 heteroatoms. The van der Waals surface area contributed by atoms with Crippen LogP contribution in [0.1, 0.15) is 34.6 Å². The van der Waals surface area contributed by atoms with E-state index in [-0.39, 0.29) is 5.54 Å². The smallest absolute Gasteiger partial charge is 0.0334 e. The van der Waals surface area contributed by atoms with E-state index < -0.39 is 0 Å². The molecule has 10 heavy (non-hydrogen) atoms. The Morgan fingerprint density at radius 2 is 1.80 bits per heavy atom. The lowest BCUT2D eigenvalue weighted by atomic mass is 9.91. The average molecular weight is 141 g/mol. The van der Waals surface area contributed by atoms with Crippen LogP contribution in [0.2, 0.25) is 0 Å². The molecule has 0 heterocycles. The molecule has 1 N–H and O–H groups in total. The van der Waals surface area contributed by atoms with Crippen molar-refractivity contribution in [2.24, 2.45) is 5.92 Å². The molecule has 0 aromatic heterocycles. The summed E-state index contributed by atoms with van der Waals surface area (Å²) in [6, 6.07) is 0. The van der Waals surface area contributed by atoms with E-state index in [1.807, 2.05) is 19.2 Å². The van der Waals surface area contributed by atoms with Crippen LogP contribution >= 0.6 is 0 Å². The molecule has 0 aliphatic rings. The van der Waals surface area contributed by atoms with Gasteiger partial charge < -0.3 is 5.32 Å². The second-order valence-corrected chi connectivity index (χ2v) is 3.52. The van der Waals surface area contributed by atoms with E-state index in [1.165, 1.54) is 0 Å². The van der Waals surface area contributed by atoms with Crippen LogP contribution in [0.15, 0.2) is 12.3 Å². The highest BCUT2D eigenvalue weighted by atomic mass is 14.9. The first kappa shape index (κ1) is 9.54. The van der Waals surface area contributed by atoms with Gasteiger partial charge in [0.05, 0.1) is 0 Å². The Morgan fingerprint density at radius 1 is 1.30 bits per heavy atom. The molecule has 0 saturated heterocycles. The highest BCUT2D eigenvalue weighted by Gasteiger charge is 2.19. The van der Waals surface area contributed by atoms with E-state index in [9.17, 15) is 0 Å². The third kappa shape index (κ3) is 2.90. The Bertz CT molecular complexity index is 112. The van der Waals surface area contributed by atoms with Gasteiger partial charge in [0, 0.05) is 5.54 Å². The van der Waals surface area contributed by atoms with Gasteiger partial charge in [-0.05, 0) is 32.9 Å². The molecular formula is C9H19N. The molecule has 0 spiro atoms. The molecule has 60 valence electrons. The van der Waals surface area contributed by atoms with E-state index >= 15 is 0 Å². The molecule has 0 aliphatic carbocycles. The summed E-state index contributed by atoms with van der Waals surface area (Å²) in [7, 11) is 0. The normalized spacial score (nSPS) is 13.0.